The number of rotatable bonds is 4. The molecular formula is C14H21Cl2NO. The highest BCUT2D eigenvalue weighted by atomic mass is 35.5. The molecule has 0 saturated carbocycles. The Bertz CT molecular complexity index is 401. The van der Waals surface area contributed by atoms with Crippen molar-refractivity contribution in [3.63, 3.8) is 0 Å². The second kappa shape index (κ2) is 6.25. The fraction of sp³-hybridized carbons (Fsp3) is 0.571. The molecular weight excluding hydrogens is 269 g/mol. The Labute approximate surface area is 119 Å². The van der Waals surface area contributed by atoms with Crippen LogP contribution in [0.25, 0.3) is 0 Å². The minimum absolute atomic E-state index is 0.0684. The molecule has 1 aromatic carbocycles. The number of benzene rings is 1. The van der Waals surface area contributed by atoms with E-state index in [2.05, 4.69) is 20.8 Å². The van der Waals surface area contributed by atoms with Crippen LogP contribution in [0.15, 0.2) is 18.2 Å². The first-order valence-electron chi connectivity index (χ1n) is 6.09. The molecule has 2 unspecified atom stereocenters. The number of hydrogen-bond acceptors (Lipinski definition) is 2. The first kappa shape index (κ1) is 15.8. The summed E-state index contributed by atoms with van der Waals surface area (Å²) in [6.07, 6.45) is -0.113. The van der Waals surface area contributed by atoms with E-state index in [0.717, 1.165) is 5.56 Å². The molecule has 4 heteroatoms. The van der Waals surface area contributed by atoms with E-state index in [0.29, 0.717) is 16.7 Å². The van der Waals surface area contributed by atoms with Gasteiger partial charge in [0.1, 0.15) is 0 Å². The van der Waals surface area contributed by atoms with E-state index in [1.165, 1.54) is 0 Å². The number of halogens is 2. The van der Waals surface area contributed by atoms with Crippen LogP contribution in [0.5, 0.6) is 0 Å². The topological polar surface area (TPSA) is 35.2 Å². The maximum Gasteiger partial charge on any atom is 0.0816 e. The van der Waals surface area contributed by atoms with Crippen LogP contribution in [0.3, 0.4) is 0 Å². The fourth-order valence-electron chi connectivity index (χ4n) is 2.01. The first-order chi connectivity index (χ1) is 8.27. The summed E-state index contributed by atoms with van der Waals surface area (Å²) < 4.78 is 5.79. The Morgan fingerprint density at radius 1 is 1.28 bits per heavy atom. The van der Waals surface area contributed by atoms with Crippen LogP contribution in [0.4, 0.5) is 0 Å². The average molecular weight is 290 g/mol. The predicted molar refractivity (Wildman–Crippen MR) is 78.3 cm³/mol. The highest BCUT2D eigenvalue weighted by Crippen LogP contribution is 2.35. The van der Waals surface area contributed by atoms with Crippen molar-refractivity contribution < 1.29 is 4.74 Å². The van der Waals surface area contributed by atoms with Crippen LogP contribution in [0.2, 0.25) is 10.0 Å². The largest absolute Gasteiger partial charge is 0.376 e. The van der Waals surface area contributed by atoms with Gasteiger partial charge in [-0.3, -0.25) is 0 Å². The third kappa shape index (κ3) is 3.86. The lowest BCUT2D eigenvalue weighted by molar-refractivity contribution is -0.0282. The summed E-state index contributed by atoms with van der Waals surface area (Å²) in [5.41, 5.74) is 7.08. The van der Waals surface area contributed by atoms with E-state index in [1.54, 1.807) is 12.1 Å². The van der Waals surface area contributed by atoms with Gasteiger partial charge in [0.15, 0.2) is 0 Å². The van der Waals surface area contributed by atoms with Crippen molar-refractivity contribution in [2.45, 2.75) is 39.8 Å². The molecule has 0 fully saturated rings. The minimum atomic E-state index is -0.295. The van der Waals surface area contributed by atoms with Gasteiger partial charge in [-0.05, 0) is 36.1 Å². The molecule has 0 bridgehead atoms. The third-order valence-electron chi connectivity index (χ3n) is 2.84. The molecule has 18 heavy (non-hydrogen) atoms. The molecule has 0 radical (unpaired) electrons. The van der Waals surface area contributed by atoms with Crippen molar-refractivity contribution in [2.24, 2.45) is 11.1 Å². The number of nitrogens with two attached hydrogens (primary N) is 1. The van der Waals surface area contributed by atoms with Crippen LogP contribution in [-0.2, 0) is 4.74 Å². The smallest absolute Gasteiger partial charge is 0.0816 e. The summed E-state index contributed by atoms with van der Waals surface area (Å²) in [6, 6.07) is 5.04. The minimum Gasteiger partial charge on any atom is -0.376 e. The molecule has 102 valence electrons. The summed E-state index contributed by atoms with van der Waals surface area (Å²) in [4.78, 5) is 0. The van der Waals surface area contributed by atoms with Crippen molar-refractivity contribution in [1.29, 1.82) is 0 Å². The summed E-state index contributed by atoms with van der Waals surface area (Å²) >= 11 is 12.2. The Morgan fingerprint density at radius 2 is 1.89 bits per heavy atom. The van der Waals surface area contributed by atoms with Gasteiger partial charge in [0.2, 0.25) is 0 Å². The summed E-state index contributed by atoms with van der Waals surface area (Å²) in [5.74, 6) is 0. The van der Waals surface area contributed by atoms with Crippen molar-refractivity contribution >= 4 is 23.2 Å². The highest BCUT2D eigenvalue weighted by molar-refractivity contribution is 6.33. The Kier molecular flexibility index (Phi) is 5.47. The number of hydrogen-bond donors (Lipinski definition) is 1. The van der Waals surface area contributed by atoms with Crippen molar-refractivity contribution in [3.05, 3.63) is 33.8 Å². The monoisotopic (exact) mass is 289 g/mol. The molecule has 2 atom stereocenters. The zero-order valence-electron chi connectivity index (χ0n) is 11.3. The zero-order chi connectivity index (χ0) is 13.9. The fourth-order valence-corrected chi connectivity index (χ4v) is 2.43. The summed E-state index contributed by atoms with van der Waals surface area (Å²) in [5, 5.41) is 1.26. The Hall–Kier alpha value is -0.280. The van der Waals surface area contributed by atoms with Crippen LogP contribution < -0.4 is 5.73 Å². The van der Waals surface area contributed by atoms with E-state index < -0.39 is 0 Å². The average Bonchev–Trinajstić information content (AvgIpc) is 2.27. The second-order valence-corrected chi connectivity index (χ2v) is 6.28. The van der Waals surface area contributed by atoms with Gasteiger partial charge in [0, 0.05) is 16.7 Å². The van der Waals surface area contributed by atoms with Gasteiger partial charge in [-0.15, -0.1) is 0 Å². The van der Waals surface area contributed by atoms with Crippen LogP contribution in [-0.4, -0.2) is 12.7 Å². The molecule has 0 aliphatic heterocycles. The Morgan fingerprint density at radius 3 is 2.39 bits per heavy atom. The molecule has 0 saturated heterocycles. The molecule has 0 aromatic heterocycles. The lowest BCUT2D eigenvalue weighted by Crippen LogP contribution is -2.39. The van der Waals surface area contributed by atoms with Gasteiger partial charge in [-0.25, -0.2) is 0 Å². The summed E-state index contributed by atoms with van der Waals surface area (Å²) in [6.45, 7) is 8.89. The van der Waals surface area contributed by atoms with Crippen molar-refractivity contribution in [3.8, 4) is 0 Å². The van der Waals surface area contributed by atoms with Crippen LogP contribution in [0.1, 0.15) is 39.3 Å². The van der Waals surface area contributed by atoms with E-state index in [9.17, 15) is 0 Å². The van der Waals surface area contributed by atoms with Crippen LogP contribution in [0, 0.1) is 5.41 Å². The molecule has 0 aliphatic carbocycles. The number of ether oxygens (including phenoxy) is 1. The SMILES string of the molecule is CCOC(C(N)c1cc(Cl)ccc1Cl)C(C)(C)C. The van der Waals surface area contributed by atoms with Crippen LogP contribution >= 0.6 is 23.2 Å². The molecule has 1 rings (SSSR count). The van der Waals surface area contributed by atoms with Gasteiger partial charge < -0.3 is 10.5 Å². The maximum atomic E-state index is 6.31. The molecule has 0 spiro atoms. The molecule has 0 aliphatic rings. The van der Waals surface area contributed by atoms with Crippen molar-refractivity contribution in [1.82, 2.24) is 0 Å². The normalized spacial score (nSPS) is 15.5. The Balaban J connectivity index is 3.09. The lowest BCUT2D eigenvalue weighted by atomic mass is 9.82. The summed E-state index contributed by atoms with van der Waals surface area (Å²) in [7, 11) is 0. The first-order valence-corrected chi connectivity index (χ1v) is 6.85. The molecule has 1 aromatic rings. The molecule has 2 nitrogen and oxygen atoms in total. The lowest BCUT2D eigenvalue weighted by Gasteiger charge is -2.35. The van der Waals surface area contributed by atoms with Gasteiger partial charge in [0.25, 0.3) is 0 Å². The van der Waals surface area contributed by atoms with E-state index in [4.69, 9.17) is 33.7 Å². The van der Waals surface area contributed by atoms with Crippen molar-refractivity contribution in [2.75, 3.05) is 6.61 Å². The molecule has 0 heterocycles. The third-order valence-corrected chi connectivity index (χ3v) is 3.42. The quantitative estimate of drug-likeness (QED) is 0.889. The predicted octanol–water partition coefficient (Wildman–Crippen LogP) is 4.44. The van der Waals surface area contributed by atoms with E-state index in [1.807, 2.05) is 13.0 Å². The highest BCUT2D eigenvalue weighted by Gasteiger charge is 2.32. The molecule has 2 N–H and O–H groups in total. The van der Waals surface area contributed by atoms with Gasteiger partial charge >= 0.3 is 0 Å². The van der Waals surface area contributed by atoms with Gasteiger partial charge in [0.05, 0.1) is 12.1 Å². The van der Waals surface area contributed by atoms with Gasteiger partial charge in [-0.2, -0.15) is 0 Å². The maximum absolute atomic E-state index is 6.31. The van der Waals surface area contributed by atoms with E-state index >= 15 is 0 Å². The zero-order valence-corrected chi connectivity index (χ0v) is 12.8. The van der Waals surface area contributed by atoms with Gasteiger partial charge in [-0.1, -0.05) is 44.0 Å². The second-order valence-electron chi connectivity index (χ2n) is 5.43. The standard InChI is InChI=1S/C14H21Cl2NO/c1-5-18-13(14(2,3)4)12(17)10-8-9(15)6-7-11(10)16/h6-8,12-13H,5,17H2,1-4H3. The van der Waals surface area contributed by atoms with E-state index in [-0.39, 0.29) is 17.6 Å². The molecule has 0 amide bonds.